The van der Waals surface area contributed by atoms with Crippen molar-refractivity contribution >= 4 is 0 Å². The SMILES string of the molecule is NC(CC1CC1)C(O)c1ccco1. The lowest BCUT2D eigenvalue weighted by Gasteiger charge is -2.16. The van der Waals surface area contributed by atoms with Gasteiger partial charge in [0.25, 0.3) is 0 Å². The molecule has 0 aliphatic heterocycles. The first kappa shape index (κ1) is 8.78. The third kappa shape index (κ3) is 2.11. The zero-order chi connectivity index (χ0) is 9.26. The van der Waals surface area contributed by atoms with Gasteiger partial charge in [0.05, 0.1) is 6.26 Å². The van der Waals surface area contributed by atoms with E-state index in [0.717, 1.165) is 12.3 Å². The maximum Gasteiger partial charge on any atom is 0.133 e. The van der Waals surface area contributed by atoms with E-state index < -0.39 is 6.10 Å². The number of hydrogen-bond acceptors (Lipinski definition) is 3. The number of hydrogen-bond donors (Lipinski definition) is 2. The fraction of sp³-hybridized carbons (Fsp3) is 0.600. The summed E-state index contributed by atoms with van der Waals surface area (Å²) in [6, 6.07) is 3.35. The average molecular weight is 181 g/mol. The first-order valence-corrected chi connectivity index (χ1v) is 4.74. The van der Waals surface area contributed by atoms with Gasteiger partial charge in [-0.05, 0) is 24.5 Å². The second-order valence-corrected chi connectivity index (χ2v) is 3.80. The fourth-order valence-corrected chi connectivity index (χ4v) is 1.54. The van der Waals surface area contributed by atoms with Gasteiger partial charge in [-0.1, -0.05) is 12.8 Å². The third-order valence-corrected chi connectivity index (χ3v) is 2.54. The summed E-state index contributed by atoms with van der Waals surface area (Å²) in [5.74, 6) is 1.31. The quantitative estimate of drug-likeness (QED) is 0.739. The molecule has 2 unspecified atom stereocenters. The van der Waals surface area contributed by atoms with E-state index in [9.17, 15) is 5.11 Å². The Labute approximate surface area is 77.5 Å². The Bertz CT molecular complexity index is 254. The molecule has 3 heteroatoms. The Kier molecular flexibility index (Phi) is 2.38. The largest absolute Gasteiger partial charge is 0.467 e. The zero-order valence-corrected chi connectivity index (χ0v) is 7.52. The number of aliphatic hydroxyl groups excluding tert-OH is 1. The van der Waals surface area contributed by atoms with Crippen molar-refractivity contribution in [1.82, 2.24) is 0 Å². The second-order valence-electron chi connectivity index (χ2n) is 3.80. The van der Waals surface area contributed by atoms with E-state index in [4.69, 9.17) is 10.2 Å². The molecular weight excluding hydrogens is 166 g/mol. The molecule has 72 valence electrons. The van der Waals surface area contributed by atoms with Crippen LogP contribution in [-0.4, -0.2) is 11.1 Å². The van der Waals surface area contributed by atoms with Gasteiger partial charge in [0.15, 0.2) is 0 Å². The van der Waals surface area contributed by atoms with Crippen LogP contribution in [0.5, 0.6) is 0 Å². The Morgan fingerprint density at radius 2 is 2.38 bits per heavy atom. The van der Waals surface area contributed by atoms with Gasteiger partial charge in [-0.25, -0.2) is 0 Å². The molecule has 3 nitrogen and oxygen atoms in total. The summed E-state index contributed by atoms with van der Waals surface area (Å²) in [4.78, 5) is 0. The van der Waals surface area contributed by atoms with Crippen LogP contribution >= 0.6 is 0 Å². The minimum Gasteiger partial charge on any atom is -0.467 e. The van der Waals surface area contributed by atoms with Crippen LogP contribution < -0.4 is 5.73 Å². The van der Waals surface area contributed by atoms with Gasteiger partial charge in [-0.15, -0.1) is 0 Å². The summed E-state index contributed by atoms with van der Waals surface area (Å²) >= 11 is 0. The monoisotopic (exact) mass is 181 g/mol. The van der Waals surface area contributed by atoms with Crippen molar-refractivity contribution in [3.8, 4) is 0 Å². The minimum absolute atomic E-state index is 0.182. The van der Waals surface area contributed by atoms with Gasteiger partial charge in [-0.2, -0.15) is 0 Å². The number of rotatable bonds is 4. The lowest BCUT2D eigenvalue weighted by Crippen LogP contribution is -2.28. The van der Waals surface area contributed by atoms with Gasteiger partial charge < -0.3 is 15.3 Å². The number of nitrogens with two attached hydrogens (primary N) is 1. The fourth-order valence-electron chi connectivity index (χ4n) is 1.54. The van der Waals surface area contributed by atoms with Crippen LogP contribution in [0.15, 0.2) is 22.8 Å². The van der Waals surface area contributed by atoms with Crippen molar-refractivity contribution in [2.75, 3.05) is 0 Å². The van der Waals surface area contributed by atoms with Gasteiger partial charge in [-0.3, -0.25) is 0 Å². The molecule has 1 aromatic rings. The predicted molar refractivity (Wildman–Crippen MR) is 49.0 cm³/mol. The van der Waals surface area contributed by atoms with Gasteiger partial charge in [0.2, 0.25) is 0 Å². The molecule has 1 saturated carbocycles. The number of aliphatic hydroxyl groups is 1. The summed E-state index contributed by atoms with van der Waals surface area (Å²) < 4.78 is 5.09. The highest BCUT2D eigenvalue weighted by Gasteiger charge is 2.28. The van der Waals surface area contributed by atoms with Crippen LogP contribution in [0.4, 0.5) is 0 Å². The molecule has 1 fully saturated rings. The summed E-state index contributed by atoms with van der Waals surface area (Å²) in [6.45, 7) is 0. The Morgan fingerprint density at radius 1 is 1.62 bits per heavy atom. The molecule has 1 aliphatic carbocycles. The smallest absolute Gasteiger partial charge is 0.133 e. The van der Waals surface area contributed by atoms with Crippen molar-refractivity contribution in [2.24, 2.45) is 11.7 Å². The average Bonchev–Trinajstić information content (AvgIpc) is 2.78. The van der Waals surface area contributed by atoms with Crippen molar-refractivity contribution in [3.63, 3.8) is 0 Å². The van der Waals surface area contributed by atoms with Crippen molar-refractivity contribution in [2.45, 2.75) is 31.4 Å². The summed E-state index contributed by atoms with van der Waals surface area (Å²) in [5.41, 5.74) is 5.84. The molecule has 0 radical (unpaired) electrons. The highest BCUT2D eigenvalue weighted by Crippen LogP contribution is 2.35. The van der Waals surface area contributed by atoms with E-state index in [1.54, 1.807) is 18.4 Å². The molecule has 1 aliphatic rings. The Hall–Kier alpha value is -0.800. The third-order valence-electron chi connectivity index (χ3n) is 2.54. The molecule has 1 heterocycles. The molecule has 0 bridgehead atoms. The zero-order valence-electron chi connectivity index (χ0n) is 7.52. The first-order chi connectivity index (χ1) is 6.27. The van der Waals surface area contributed by atoms with E-state index in [1.807, 2.05) is 0 Å². The van der Waals surface area contributed by atoms with E-state index in [-0.39, 0.29) is 6.04 Å². The van der Waals surface area contributed by atoms with E-state index in [0.29, 0.717) is 5.76 Å². The summed E-state index contributed by atoms with van der Waals surface area (Å²) in [6.07, 6.45) is 4.34. The molecule has 2 rings (SSSR count). The maximum atomic E-state index is 9.74. The number of furan rings is 1. The van der Waals surface area contributed by atoms with Crippen molar-refractivity contribution in [1.29, 1.82) is 0 Å². The molecule has 0 saturated heterocycles. The van der Waals surface area contributed by atoms with Gasteiger partial charge >= 0.3 is 0 Å². The minimum atomic E-state index is -0.643. The molecule has 3 N–H and O–H groups in total. The molecule has 0 spiro atoms. The van der Waals surface area contributed by atoms with Gasteiger partial charge in [0.1, 0.15) is 11.9 Å². The van der Waals surface area contributed by atoms with Crippen molar-refractivity contribution < 1.29 is 9.52 Å². The second kappa shape index (κ2) is 3.52. The molecule has 2 atom stereocenters. The van der Waals surface area contributed by atoms with E-state index in [2.05, 4.69) is 0 Å². The summed E-state index contributed by atoms with van der Waals surface area (Å²) in [7, 11) is 0. The molecule has 0 aromatic carbocycles. The maximum absolute atomic E-state index is 9.74. The van der Waals surface area contributed by atoms with Crippen LogP contribution in [-0.2, 0) is 0 Å². The highest BCUT2D eigenvalue weighted by molar-refractivity contribution is 5.04. The Morgan fingerprint density at radius 3 is 2.92 bits per heavy atom. The van der Waals surface area contributed by atoms with Crippen LogP contribution in [0.2, 0.25) is 0 Å². The van der Waals surface area contributed by atoms with Crippen LogP contribution in [0.25, 0.3) is 0 Å². The van der Waals surface area contributed by atoms with Crippen LogP contribution in [0.1, 0.15) is 31.1 Å². The first-order valence-electron chi connectivity index (χ1n) is 4.74. The lowest BCUT2D eigenvalue weighted by atomic mass is 10.0. The molecule has 13 heavy (non-hydrogen) atoms. The van der Waals surface area contributed by atoms with Crippen LogP contribution in [0, 0.1) is 5.92 Å². The van der Waals surface area contributed by atoms with E-state index >= 15 is 0 Å². The summed E-state index contributed by atoms with van der Waals surface area (Å²) in [5, 5.41) is 9.74. The topological polar surface area (TPSA) is 59.4 Å². The molecule has 1 aromatic heterocycles. The lowest BCUT2D eigenvalue weighted by molar-refractivity contribution is 0.115. The molecule has 0 amide bonds. The van der Waals surface area contributed by atoms with Gasteiger partial charge in [0, 0.05) is 6.04 Å². The Balaban J connectivity index is 1.91. The molecular formula is C10H15NO2. The normalized spacial score (nSPS) is 21.4. The predicted octanol–water partition coefficient (Wildman–Crippen LogP) is 1.44. The van der Waals surface area contributed by atoms with E-state index in [1.165, 1.54) is 12.8 Å². The van der Waals surface area contributed by atoms with Crippen LogP contribution in [0.3, 0.4) is 0 Å². The standard InChI is InChI=1S/C10H15NO2/c11-8(6-7-3-4-7)10(12)9-2-1-5-13-9/h1-2,5,7-8,10,12H,3-4,6,11H2. The highest BCUT2D eigenvalue weighted by atomic mass is 16.4. The van der Waals surface area contributed by atoms with Crippen molar-refractivity contribution in [3.05, 3.63) is 24.2 Å².